The minimum Gasteiger partial charge on any atom is -0.497 e. The van der Waals surface area contributed by atoms with Gasteiger partial charge in [0, 0.05) is 0 Å². The number of amides is 1. The standard InChI is InChI=1S/C28H33FN2O5S/c1-5-36-25-14-10-23(11-15-25)31(37(33,34)26-16-8-22(29)9-17-26)19-28(32)30-27(18-20(2)3)21-6-12-24(35-4)13-7-21/h6-17,20,27H,5,18-19H2,1-4H3,(H,30,32)/t27-/m1/s1. The molecular formula is C28H33FN2O5S. The van der Waals surface area contributed by atoms with Crippen LogP contribution in [0.15, 0.2) is 77.7 Å². The summed E-state index contributed by atoms with van der Waals surface area (Å²) in [4.78, 5) is 13.2. The number of ether oxygens (including phenoxy) is 2. The number of methoxy groups -OCH3 is 1. The average molecular weight is 529 g/mol. The van der Waals surface area contributed by atoms with Gasteiger partial charge in [-0.3, -0.25) is 9.10 Å². The van der Waals surface area contributed by atoms with Crippen LogP contribution in [0.4, 0.5) is 10.1 Å². The highest BCUT2D eigenvalue weighted by atomic mass is 32.2. The molecule has 0 heterocycles. The zero-order valence-corrected chi connectivity index (χ0v) is 22.3. The number of hydrogen-bond donors (Lipinski definition) is 1. The highest BCUT2D eigenvalue weighted by Gasteiger charge is 2.28. The van der Waals surface area contributed by atoms with E-state index in [1.165, 1.54) is 12.1 Å². The van der Waals surface area contributed by atoms with Crippen molar-refractivity contribution >= 4 is 21.6 Å². The maximum absolute atomic E-state index is 13.6. The number of sulfonamides is 1. The Morgan fingerprint density at radius 1 is 0.946 bits per heavy atom. The number of carbonyl (C=O) groups excluding carboxylic acids is 1. The predicted octanol–water partition coefficient (Wildman–Crippen LogP) is 5.33. The summed E-state index contributed by atoms with van der Waals surface area (Å²) < 4.78 is 52.3. The molecule has 3 aromatic carbocycles. The van der Waals surface area contributed by atoms with E-state index in [2.05, 4.69) is 5.32 Å². The lowest BCUT2D eigenvalue weighted by Crippen LogP contribution is -2.42. The van der Waals surface area contributed by atoms with E-state index in [9.17, 15) is 17.6 Å². The molecule has 0 radical (unpaired) electrons. The fourth-order valence-electron chi connectivity index (χ4n) is 3.88. The first-order valence-corrected chi connectivity index (χ1v) is 13.5. The third-order valence-electron chi connectivity index (χ3n) is 5.69. The molecule has 9 heteroatoms. The van der Waals surface area contributed by atoms with Crippen molar-refractivity contribution in [3.8, 4) is 11.5 Å². The van der Waals surface area contributed by atoms with Crippen molar-refractivity contribution in [1.82, 2.24) is 5.32 Å². The van der Waals surface area contributed by atoms with Crippen molar-refractivity contribution in [2.75, 3.05) is 24.6 Å². The van der Waals surface area contributed by atoms with E-state index in [1.807, 2.05) is 45.0 Å². The molecular weight excluding hydrogens is 495 g/mol. The predicted molar refractivity (Wildman–Crippen MR) is 142 cm³/mol. The highest BCUT2D eigenvalue weighted by Crippen LogP contribution is 2.27. The van der Waals surface area contributed by atoms with Gasteiger partial charge < -0.3 is 14.8 Å². The maximum Gasteiger partial charge on any atom is 0.264 e. The highest BCUT2D eigenvalue weighted by molar-refractivity contribution is 7.92. The molecule has 0 aliphatic heterocycles. The second kappa shape index (κ2) is 12.6. The lowest BCUT2D eigenvalue weighted by atomic mass is 9.97. The monoisotopic (exact) mass is 528 g/mol. The number of nitrogens with zero attached hydrogens (tertiary/aromatic N) is 1. The Bertz CT molecular complexity index is 1260. The Kier molecular flexibility index (Phi) is 9.52. The molecule has 37 heavy (non-hydrogen) atoms. The van der Waals surface area contributed by atoms with Gasteiger partial charge in [-0.05, 0) is 85.5 Å². The van der Waals surface area contributed by atoms with Crippen LogP contribution < -0.4 is 19.1 Å². The molecule has 0 unspecified atom stereocenters. The Balaban J connectivity index is 1.92. The molecule has 0 aromatic heterocycles. The van der Waals surface area contributed by atoms with Crippen molar-refractivity contribution in [3.63, 3.8) is 0 Å². The molecule has 1 N–H and O–H groups in total. The summed E-state index contributed by atoms with van der Waals surface area (Å²) >= 11 is 0. The SMILES string of the molecule is CCOc1ccc(N(CC(=O)N[C@H](CC(C)C)c2ccc(OC)cc2)S(=O)(=O)c2ccc(F)cc2)cc1. The molecule has 0 spiro atoms. The fourth-order valence-corrected chi connectivity index (χ4v) is 5.30. The number of carbonyl (C=O) groups is 1. The van der Waals surface area contributed by atoms with Crippen molar-refractivity contribution in [2.24, 2.45) is 5.92 Å². The molecule has 0 saturated carbocycles. The zero-order valence-electron chi connectivity index (χ0n) is 21.5. The summed E-state index contributed by atoms with van der Waals surface area (Å²) in [5.41, 5.74) is 1.17. The van der Waals surface area contributed by atoms with E-state index in [-0.39, 0.29) is 22.5 Å². The van der Waals surface area contributed by atoms with Crippen LogP contribution in [0.25, 0.3) is 0 Å². The molecule has 0 aliphatic rings. The molecule has 1 atom stereocenters. The minimum absolute atomic E-state index is 0.121. The van der Waals surface area contributed by atoms with Crippen LogP contribution in [-0.2, 0) is 14.8 Å². The van der Waals surface area contributed by atoms with E-state index in [0.717, 1.165) is 22.0 Å². The van der Waals surface area contributed by atoms with Crippen LogP contribution in [0.3, 0.4) is 0 Å². The molecule has 0 saturated heterocycles. The number of benzene rings is 3. The van der Waals surface area contributed by atoms with Gasteiger partial charge in [0.25, 0.3) is 10.0 Å². The topological polar surface area (TPSA) is 84.9 Å². The Hall–Kier alpha value is -3.59. The first-order valence-electron chi connectivity index (χ1n) is 12.1. The maximum atomic E-state index is 13.6. The van der Waals surface area contributed by atoms with Gasteiger partial charge in [0.1, 0.15) is 23.9 Å². The Labute approximate surface area is 218 Å². The minimum atomic E-state index is -4.18. The van der Waals surface area contributed by atoms with Crippen LogP contribution in [0.2, 0.25) is 0 Å². The number of anilines is 1. The van der Waals surface area contributed by atoms with Gasteiger partial charge in [-0.15, -0.1) is 0 Å². The summed E-state index contributed by atoms with van der Waals surface area (Å²) in [5, 5.41) is 3.00. The summed E-state index contributed by atoms with van der Waals surface area (Å²) in [5.74, 6) is 0.524. The number of rotatable bonds is 12. The van der Waals surface area contributed by atoms with Gasteiger partial charge >= 0.3 is 0 Å². The van der Waals surface area contributed by atoms with Crippen LogP contribution in [0.5, 0.6) is 11.5 Å². The molecule has 7 nitrogen and oxygen atoms in total. The molecule has 3 rings (SSSR count). The molecule has 1 amide bonds. The van der Waals surface area contributed by atoms with Crippen molar-refractivity contribution < 1.29 is 27.1 Å². The van der Waals surface area contributed by atoms with Crippen molar-refractivity contribution in [2.45, 2.75) is 38.1 Å². The first kappa shape index (κ1) is 28.0. The second-order valence-electron chi connectivity index (χ2n) is 8.92. The van der Waals surface area contributed by atoms with Gasteiger partial charge in [0.2, 0.25) is 5.91 Å². The molecule has 0 aliphatic carbocycles. The Morgan fingerprint density at radius 2 is 1.54 bits per heavy atom. The van der Waals surface area contributed by atoms with E-state index >= 15 is 0 Å². The lowest BCUT2D eigenvalue weighted by molar-refractivity contribution is -0.120. The van der Waals surface area contributed by atoms with E-state index in [0.29, 0.717) is 24.5 Å². The molecule has 0 fully saturated rings. The average Bonchev–Trinajstić information content (AvgIpc) is 2.87. The third kappa shape index (κ3) is 7.45. The van der Waals surface area contributed by atoms with E-state index in [4.69, 9.17) is 9.47 Å². The van der Waals surface area contributed by atoms with Crippen LogP contribution in [0, 0.1) is 11.7 Å². The van der Waals surface area contributed by atoms with Crippen LogP contribution in [0.1, 0.15) is 38.8 Å². The molecule has 3 aromatic rings. The fraction of sp³-hybridized carbons (Fsp3) is 0.321. The van der Waals surface area contributed by atoms with Gasteiger partial charge in [0.15, 0.2) is 0 Å². The van der Waals surface area contributed by atoms with Crippen molar-refractivity contribution in [3.05, 3.63) is 84.2 Å². The molecule has 0 bridgehead atoms. The van der Waals surface area contributed by atoms with Crippen LogP contribution >= 0.6 is 0 Å². The number of halogens is 1. The summed E-state index contributed by atoms with van der Waals surface area (Å²) in [6.45, 7) is 5.95. The first-order chi connectivity index (χ1) is 17.6. The normalized spacial score (nSPS) is 12.2. The van der Waals surface area contributed by atoms with Gasteiger partial charge in [-0.2, -0.15) is 0 Å². The Morgan fingerprint density at radius 3 is 2.08 bits per heavy atom. The molecule has 198 valence electrons. The van der Waals surface area contributed by atoms with E-state index < -0.39 is 28.3 Å². The smallest absolute Gasteiger partial charge is 0.264 e. The van der Waals surface area contributed by atoms with Gasteiger partial charge in [-0.25, -0.2) is 12.8 Å². The number of hydrogen-bond acceptors (Lipinski definition) is 5. The largest absolute Gasteiger partial charge is 0.497 e. The summed E-state index contributed by atoms with van der Waals surface area (Å²) in [6, 6.07) is 18.0. The zero-order chi connectivity index (χ0) is 27.0. The van der Waals surface area contributed by atoms with Gasteiger partial charge in [0.05, 0.1) is 30.3 Å². The van der Waals surface area contributed by atoms with Gasteiger partial charge in [-0.1, -0.05) is 26.0 Å². The van der Waals surface area contributed by atoms with Crippen LogP contribution in [-0.4, -0.2) is 34.6 Å². The third-order valence-corrected chi connectivity index (χ3v) is 7.47. The summed E-state index contributed by atoms with van der Waals surface area (Å²) in [6.07, 6.45) is 0.659. The van der Waals surface area contributed by atoms with Crippen molar-refractivity contribution in [1.29, 1.82) is 0 Å². The summed E-state index contributed by atoms with van der Waals surface area (Å²) in [7, 11) is -2.59. The lowest BCUT2D eigenvalue weighted by Gasteiger charge is -2.27. The quantitative estimate of drug-likeness (QED) is 0.343. The second-order valence-corrected chi connectivity index (χ2v) is 10.8. The number of nitrogens with one attached hydrogen (secondary N) is 1. The van der Waals surface area contributed by atoms with E-state index in [1.54, 1.807) is 31.4 Å².